The molecule has 1 rings (SSSR count). The van der Waals surface area contributed by atoms with Gasteiger partial charge in [0.15, 0.2) is 0 Å². The number of aryl methyl sites for hydroxylation is 1. The van der Waals surface area contributed by atoms with Crippen molar-refractivity contribution in [2.75, 3.05) is 6.54 Å². The standard InChI is InChI=1S/C14H20N2O3/c1-3-8-15-14(19)16-12(9-13(17)18)11-6-4-10(2)5-7-11/h4-7,12H,3,8-9H2,1-2H3,(H,17,18)(H2,15,16,19). The van der Waals surface area contributed by atoms with Gasteiger partial charge in [-0.15, -0.1) is 0 Å². The number of carboxylic acids is 1. The summed E-state index contributed by atoms with van der Waals surface area (Å²) in [4.78, 5) is 22.5. The van der Waals surface area contributed by atoms with Gasteiger partial charge in [-0.1, -0.05) is 36.8 Å². The summed E-state index contributed by atoms with van der Waals surface area (Å²) >= 11 is 0. The van der Waals surface area contributed by atoms with Gasteiger partial charge in [0, 0.05) is 6.54 Å². The first-order valence-electron chi connectivity index (χ1n) is 6.35. The highest BCUT2D eigenvalue weighted by Crippen LogP contribution is 2.17. The first-order chi connectivity index (χ1) is 9.02. The minimum absolute atomic E-state index is 0.136. The zero-order valence-electron chi connectivity index (χ0n) is 11.3. The van der Waals surface area contributed by atoms with Gasteiger partial charge in [0.05, 0.1) is 12.5 Å². The summed E-state index contributed by atoms with van der Waals surface area (Å²) in [5.74, 6) is -0.943. The summed E-state index contributed by atoms with van der Waals surface area (Å²) in [6, 6.07) is 6.61. The molecule has 0 saturated heterocycles. The van der Waals surface area contributed by atoms with Gasteiger partial charge in [0.1, 0.15) is 0 Å². The number of amides is 2. The minimum Gasteiger partial charge on any atom is -0.481 e. The molecule has 1 aromatic carbocycles. The van der Waals surface area contributed by atoms with E-state index in [4.69, 9.17) is 5.11 Å². The number of benzene rings is 1. The van der Waals surface area contributed by atoms with Gasteiger partial charge in [-0.05, 0) is 18.9 Å². The number of aliphatic carboxylic acids is 1. The molecule has 0 aliphatic rings. The van der Waals surface area contributed by atoms with E-state index < -0.39 is 12.0 Å². The fraction of sp³-hybridized carbons (Fsp3) is 0.429. The van der Waals surface area contributed by atoms with Crippen LogP contribution in [0.3, 0.4) is 0 Å². The van der Waals surface area contributed by atoms with Crippen LogP contribution in [-0.2, 0) is 4.79 Å². The van der Waals surface area contributed by atoms with E-state index in [2.05, 4.69) is 10.6 Å². The van der Waals surface area contributed by atoms with Crippen molar-refractivity contribution in [1.29, 1.82) is 0 Å². The largest absolute Gasteiger partial charge is 0.481 e. The van der Waals surface area contributed by atoms with Crippen LogP contribution in [0.4, 0.5) is 4.79 Å². The number of hydrogen-bond donors (Lipinski definition) is 3. The Morgan fingerprint density at radius 2 is 1.89 bits per heavy atom. The Labute approximate surface area is 113 Å². The van der Waals surface area contributed by atoms with Crippen molar-refractivity contribution >= 4 is 12.0 Å². The predicted molar refractivity (Wildman–Crippen MR) is 73.0 cm³/mol. The molecule has 0 heterocycles. The molecule has 3 N–H and O–H groups in total. The second-order valence-electron chi connectivity index (χ2n) is 4.46. The summed E-state index contributed by atoms with van der Waals surface area (Å²) in [7, 11) is 0. The second-order valence-corrected chi connectivity index (χ2v) is 4.46. The fourth-order valence-corrected chi connectivity index (χ4v) is 1.67. The molecular formula is C14H20N2O3. The Morgan fingerprint density at radius 3 is 2.42 bits per heavy atom. The summed E-state index contributed by atoms with van der Waals surface area (Å²) in [6.45, 7) is 4.48. The van der Waals surface area contributed by atoms with Gasteiger partial charge < -0.3 is 15.7 Å². The molecule has 0 bridgehead atoms. The van der Waals surface area contributed by atoms with Crippen LogP contribution in [0, 0.1) is 6.92 Å². The van der Waals surface area contributed by atoms with Crippen LogP contribution in [0.5, 0.6) is 0 Å². The molecule has 0 fully saturated rings. The van der Waals surface area contributed by atoms with Crippen molar-refractivity contribution in [2.24, 2.45) is 0 Å². The molecule has 0 saturated carbocycles. The quantitative estimate of drug-likeness (QED) is 0.737. The van der Waals surface area contributed by atoms with Crippen molar-refractivity contribution < 1.29 is 14.7 Å². The van der Waals surface area contributed by atoms with E-state index >= 15 is 0 Å². The molecule has 104 valence electrons. The van der Waals surface area contributed by atoms with Gasteiger partial charge in [-0.2, -0.15) is 0 Å². The molecule has 19 heavy (non-hydrogen) atoms. The van der Waals surface area contributed by atoms with E-state index in [1.807, 2.05) is 38.1 Å². The highest BCUT2D eigenvalue weighted by Gasteiger charge is 2.17. The van der Waals surface area contributed by atoms with Crippen LogP contribution in [0.2, 0.25) is 0 Å². The molecule has 0 spiro atoms. The lowest BCUT2D eigenvalue weighted by molar-refractivity contribution is -0.137. The lowest BCUT2D eigenvalue weighted by Crippen LogP contribution is -2.39. The molecule has 1 unspecified atom stereocenters. The zero-order chi connectivity index (χ0) is 14.3. The fourth-order valence-electron chi connectivity index (χ4n) is 1.67. The minimum atomic E-state index is -0.943. The van der Waals surface area contributed by atoms with Crippen molar-refractivity contribution in [3.05, 3.63) is 35.4 Å². The SMILES string of the molecule is CCCNC(=O)NC(CC(=O)O)c1ccc(C)cc1. The topological polar surface area (TPSA) is 78.4 Å². The van der Waals surface area contributed by atoms with E-state index in [1.54, 1.807) is 0 Å². The number of hydrogen-bond acceptors (Lipinski definition) is 2. The lowest BCUT2D eigenvalue weighted by Gasteiger charge is -2.18. The Balaban J connectivity index is 2.74. The van der Waals surface area contributed by atoms with Crippen LogP contribution < -0.4 is 10.6 Å². The summed E-state index contributed by atoms with van der Waals surface area (Å²) in [6.07, 6.45) is 0.699. The van der Waals surface area contributed by atoms with Crippen molar-refractivity contribution in [3.63, 3.8) is 0 Å². The number of carboxylic acid groups (broad SMARTS) is 1. The monoisotopic (exact) mass is 264 g/mol. The van der Waals surface area contributed by atoms with Gasteiger partial charge >= 0.3 is 12.0 Å². The van der Waals surface area contributed by atoms with E-state index in [1.165, 1.54) is 0 Å². The molecule has 0 aliphatic carbocycles. The summed E-state index contributed by atoms with van der Waals surface area (Å²) in [5, 5.41) is 14.3. The molecule has 0 aromatic heterocycles. The van der Waals surface area contributed by atoms with Gasteiger partial charge in [0.25, 0.3) is 0 Å². The average molecular weight is 264 g/mol. The molecule has 5 heteroatoms. The van der Waals surface area contributed by atoms with Gasteiger partial charge in [-0.25, -0.2) is 4.79 Å². The second kappa shape index (κ2) is 7.41. The van der Waals surface area contributed by atoms with Crippen molar-refractivity contribution in [3.8, 4) is 0 Å². The van der Waals surface area contributed by atoms with Gasteiger partial charge in [-0.3, -0.25) is 4.79 Å². The van der Waals surface area contributed by atoms with Crippen LogP contribution in [0.25, 0.3) is 0 Å². The van der Waals surface area contributed by atoms with Crippen LogP contribution in [0.1, 0.15) is 36.9 Å². The molecule has 2 amide bonds. The third-order valence-electron chi connectivity index (χ3n) is 2.70. The Kier molecular flexibility index (Phi) is 5.85. The maximum absolute atomic E-state index is 11.6. The van der Waals surface area contributed by atoms with Crippen LogP contribution >= 0.6 is 0 Å². The summed E-state index contributed by atoms with van der Waals surface area (Å²) < 4.78 is 0. The number of carbonyl (C=O) groups is 2. The van der Waals surface area contributed by atoms with Crippen LogP contribution in [-0.4, -0.2) is 23.7 Å². The van der Waals surface area contributed by atoms with E-state index in [0.29, 0.717) is 6.54 Å². The van der Waals surface area contributed by atoms with Crippen LogP contribution in [0.15, 0.2) is 24.3 Å². The third-order valence-corrected chi connectivity index (χ3v) is 2.70. The molecule has 1 aromatic rings. The van der Waals surface area contributed by atoms with Gasteiger partial charge in [0.2, 0.25) is 0 Å². The highest BCUT2D eigenvalue weighted by molar-refractivity contribution is 5.76. The smallest absolute Gasteiger partial charge is 0.315 e. The maximum Gasteiger partial charge on any atom is 0.315 e. The Morgan fingerprint density at radius 1 is 1.26 bits per heavy atom. The normalized spacial score (nSPS) is 11.7. The number of rotatable bonds is 6. The molecule has 0 radical (unpaired) electrons. The third kappa shape index (κ3) is 5.42. The molecular weight excluding hydrogens is 244 g/mol. The summed E-state index contributed by atoms with van der Waals surface area (Å²) in [5.41, 5.74) is 1.88. The van der Waals surface area contributed by atoms with Crippen molar-refractivity contribution in [2.45, 2.75) is 32.7 Å². The highest BCUT2D eigenvalue weighted by atomic mass is 16.4. The number of nitrogens with one attached hydrogen (secondary N) is 2. The molecule has 1 atom stereocenters. The Bertz CT molecular complexity index is 429. The van der Waals surface area contributed by atoms with E-state index in [9.17, 15) is 9.59 Å². The average Bonchev–Trinajstić information content (AvgIpc) is 2.36. The zero-order valence-corrected chi connectivity index (χ0v) is 11.3. The first-order valence-corrected chi connectivity index (χ1v) is 6.35. The lowest BCUT2D eigenvalue weighted by atomic mass is 10.0. The first kappa shape index (κ1) is 15.0. The van der Waals surface area contributed by atoms with Crippen molar-refractivity contribution in [1.82, 2.24) is 10.6 Å². The van der Waals surface area contributed by atoms with E-state index in [0.717, 1.165) is 17.5 Å². The number of carbonyl (C=O) groups excluding carboxylic acids is 1. The molecule has 5 nitrogen and oxygen atoms in total. The maximum atomic E-state index is 11.6. The Hall–Kier alpha value is -2.04. The molecule has 0 aliphatic heterocycles. The number of urea groups is 1. The van der Waals surface area contributed by atoms with E-state index in [-0.39, 0.29) is 12.5 Å². The predicted octanol–water partition coefficient (Wildman–Crippen LogP) is 2.22.